The Morgan fingerprint density at radius 3 is 2.72 bits per heavy atom. The van der Waals surface area contributed by atoms with Gasteiger partial charge in [-0.25, -0.2) is 0 Å². The first kappa shape index (κ1) is 11.2. The van der Waals surface area contributed by atoms with Crippen LogP contribution in [0.2, 0.25) is 0 Å². The van der Waals surface area contributed by atoms with E-state index in [9.17, 15) is 5.26 Å². The van der Waals surface area contributed by atoms with Crippen molar-refractivity contribution >= 4 is 10.8 Å². The van der Waals surface area contributed by atoms with Gasteiger partial charge in [0.25, 0.3) is 0 Å². The van der Waals surface area contributed by atoms with E-state index in [4.69, 9.17) is 4.74 Å². The Balaban J connectivity index is 2.21. The van der Waals surface area contributed by atoms with Crippen molar-refractivity contribution in [2.75, 3.05) is 13.2 Å². The molecule has 0 bridgehead atoms. The van der Waals surface area contributed by atoms with Crippen LogP contribution in [0.1, 0.15) is 18.5 Å². The third-order valence-electron chi connectivity index (χ3n) is 3.69. The second-order valence-corrected chi connectivity index (χ2v) is 4.69. The summed E-state index contributed by atoms with van der Waals surface area (Å²) in [7, 11) is 0. The number of pyridine rings is 1. The highest BCUT2D eigenvalue weighted by molar-refractivity contribution is 5.85. The Hall–Kier alpha value is -1.92. The molecule has 1 aromatic carbocycles. The van der Waals surface area contributed by atoms with Crippen molar-refractivity contribution in [3.8, 4) is 6.07 Å². The predicted octanol–water partition coefficient (Wildman–Crippen LogP) is 2.81. The molecule has 0 radical (unpaired) electrons. The molecular formula is C15H14N2O. The molecule has 0 amide bonds. The number of benzene rings is 1. The van der Waals surface area contributed by atoms with E-state index in [0.29, 0.717) is 13.2 Å². The largest absolute Gasteiger partial charge is 0.381 e. The minimum absolute atomic E-state index is 0.487. The van der Waals surface area contributed by atoms with Gasteiger partial charge in [0.15, 0.2) is 0 Å². The van der Waals surface area contributed by atoms with E-state index in [1.165, 1.54) is 0 Å². The zero-order chi connectivity index (χ0) is 12.4. The van der Waals surface area contributed by atoms with Gasteiger partial charge in [0, 0.05) is 24.8 Å². The molecule has 1 aliphatic rings. The highest BCUT2D eigenvalue weighted by Gasteiger charge is 2.37. The van der Waals surface area contributed by atoms with Gasteiger partial charge in [0.05, 0.1) is 11.8 Å². The monoisotopic (exact) mass is 238 g/mol. The zero-order valence-corrected chi connectivity index (χ0v) is 10.1. The van der Waals surface area contributed by atoms with Crippen LogP contribution in [-0.2, 0) is 10.2 Å². The van der Waals surface area contributed by atoms with Crippen molar-refractivity contribution in [2.45, 2.75) is 18.3 Å². The summed E-state index contributed by atoms with van der Waals surface area (Å²) in [5.74, 6) is 0. The Morgan fingerprint density at radius 1 is 1.17 bits per heavy atom. The van der Waals surface area contributed by atoms with E-state index in [1.54, 1.807) is 6.20 Å². The molecule has 1 aromatic heterocycles. The number of ether oxygens (including phenoxy) is 1. The van der Waals surface area contributed by atoms with Crippen LogP contribution in [-0.4, -0.2) is 18.2 Å². The van der Waals surface area contributed by atoms with Crippen molar-refractivity contribution in [3.63, 3.8) is 0 Å². The van der Waals surface area contributed by atoms with Gasteiger partial charge >= 0.3 is 0 Å². The van der Waals surface area contributed by atoms with E-state index < -0.39 is 5.41 Å². The smallest absolute Gasteiger partial charge is 0.104 e. The summed E-state index contributed by atoms with van der Waals surface area (Å²) in [6.07, 6.45) is 3.25. The summed E-state index contributed by atoms with van der Waals surface area (Å²) in [4.78, 5) is 4.50. The molecule has 0 N–H and O–H groups in total. The summed E-state index contributed by atoms with van der Waals surface area (Å²) in [6.45, 7) is 1.27. The van der Waals surface area contributed by atoms with Gasteiger partial charge in [0.2, 0.25) is 0 Å². The van der Waals surface area contributed by atoms with Crippen LogP contribution in [0.25, 0.3) is 10.8 Å². The fourth-order valence-electron chi connectivity index (χ4n) is 2.62. The molecule has 1 fully saturated rings. The molecule has 1 saturated heterocycles. The molecule has 0 atom stereocenters. The number of nitriles is 1. The molecule has 1 aliphatic heterocycles. The van der Waals surface area contributed by atoms with Crippen LogP contribution in [0.3, 0.4) is 0 Å². The van der Waals surface area contributed by atoms with Gasteiger partial charge in [-0.2, -0.15) is 5.26 Å². The number of rotatable bonds is 1. The van der Waals surface area contributed by atoms with Gasteiger partial charge < -0.3 is 4.74 Å². The molecule has 0 aliphatic carbocycles. The normalized spacial score (nSPS) is 18.4. The molecule has 18 heavy (non-hydrogen) atoms. The Labute approximate surface area is 106 Å². The van der Waals surface area contributed by atoms with Crippen LogP contribution in [0.5, 0.6) is 0 Å². The number of hydrogen-bond donors (Lipinski definition) is 0. The van der Waals surface area contributed by atoms with E-state index in [2.05, 4.69) is 17.1 Å². The molecule has 2 aromatic rings. The average Bonchev–Trinajstić information content (AvgIpc) is 2.47. The van der Waals surface area contributed by atoms with Gasteiger partial charge in [-0.05, 0) is 24.3 Å². The molecule has 0 saturated carbocycles. The molecule has 3 heteroatoms. The summed E-state index contributed by atoms with van der Waals surface area (Å²) in [5.41, 5.74) is 0.422. The highest BCUT2D eigenvalue weighted by Crippen LogP contribution is 2.36. The van der Waals surface area contributed by atoms with Crippen molar-refractivity contribution in [1.29, 1.82) is 5.26 Å². The quantitative estimate of drug-likeness (QED) is 0.767. The Kier molecular flexibility index (Phi) is 2.73. The van der Waals surface area contributed by atoms with Gasteiger partial charge in [-0.3, -0.25) is 4.98 Å². The standard InChI is InChI=1S/C15H14N2O/c16-11-15(6-9-18-10-7-15)14-13-4-2-1-3-12(13)5-8-17-14/h1-5,8H,6-7,9-10H2. The fourth-order valence-corrected chi connectivity index (χ4v) is 2.62. The second kappa shape index (κ2) is 4.40. The van der Waals surface area contributed by atoms with Gasteiger partial charge in [-0.15, -0.1) is 0 Å². The third kappa shape index (κ3) is 1.66. The van der Waals surface area contributed by atoms with Crippen LogP contribution < -0.4 is 0 Å². The molecular weight excluding hydrogens is 224 g/mol. The minimum atomic E-state index is -0.487. The second-order valence-electron chi connectivity index (χ2n) is 4.69. The maximum atomic E-state index is 9.61. The Morgan fingerprint density at radius 2 is 1.94 bits per heavy atom. The summed E-state index contributed by atoms with van der Waals surface area (Å²) in [5, 5.41) is 11.8. The zero-order valence-electron chi connectivity index (χ0n) is 10.1. The lowest BCUT2D eigenvalue weighted by Gasteiger charge is -2.30. The van der Waals surface area contributed by atoms with E-state index in [0.717, 1.165) is 29.3 Å². The van der Waals surface area contributed by atoms with E-state index in [1.807, 2.05) is 24.3 Å². The maximum absolute atomic E-state index is 9.61. The van der Waals surface area contributed by atoms with Crippen LogP contribution in [0, 0.1) is 11.3 Å². The SMILES string of the molecule is N#CC1(c2nccc3ccccc23)CCOCC1. The number of fused-ring (bicyclic) bond motifs is 1. The first-order valence-corrected chi connectivity index (χ1v) is 6.19. The van der Waals surface area contributed by atoms with Crippen molar-refractivity contribution in [3.05, 3.63) is 42.2 Å². The van der Waals surface area contributed by atoms with Crippen molar-refractivity contribution < 1.29 is 4.74 Å². The minimum Gasteiger partial charge on any atom is -0.381 e. The lowest BCUT2D eigenvalue weighted by molar-refractivity contribution is 0.0668. The molecule has 2 heterocycles. The summed E-state index contributed by atoms with van der Waals surface area (Å²) in [6, 6.07) is 12.6. The lowest BCUT2D eigenvalue weighted by Crippen LogP contribution is -2.33. The van der Waals surface area contributed by atoms with E-state index >= 15 is 0 Å². The molecule has 0 spiro atoms. The number of hydrogen-bond acceptors (Lipinski definition) is 3. The third-order valence-corrected chi connectivity index (χ3v) is 3.69. The lowest BCUT2D eigenvalue weighted by atomic mass is 9.77. The van der Waals surface area contributed by atoms with E-state index in [-0.39, 0.29) is 0 Å². The van der Waals surface area contributed by atoms with Crippen LogP contribution >= 0.6 is 0 Å². The average molecular weight is 238 g/mol. The van der Waals surface area contributed by atoms with Crippen LogP contribution in [0.4, 0.5) is 0 Å². The van der Waals surface area contributed by atoms with Crippen molar-refractivity contribution in [1.82, 2.24) is 4.98 Å². The van der Waals surface area contributed by atoms with Gasteiger partial charge in [0.1, 0.15) is 5.41 Å². The van der Waals surface area contributed by atoms with Crippen molar-refractivity contribution in [2.24, 2.45) is 0 Å². The summed E-state index contributed by atoms with van der Waals surface area (Å²) < 4.78 is 5.38. The molecule has 0 unspecified atom stereocenters. The summed E-state index contributed by atoms with van der Waals surface area (Å²) >= 11 is 0. The topological polar surface area (TPSA) is 45.9 Å². The van der Waals surface area contributed by atoms with Gasteiger partial charge in [-0.1, -0.05) is 24.3 Å². The number of aromatic nitrogens is 1. The molecule has 90 valence electrons. The maximum Gasteiger partial charge on any atom is 0.104 e. The molecule has 3 rings (SSSR count). The first-order valence-electron chi connectivity index (χ1n) is 6.19. The predicted molar refractivity (Wildman–Crippen MR) is 69.1 cm³/mol. The van der Waals surface area contributed by atoms with Crippen LogP contribution in [0.15, 0.2) is 36.5 Å². The highest BCUT2D eigenvalue weighted by atomic mass is 16.5. The molecule has 3 nitrogen and oxygen atoms in total. The number of nitrogens with zero attached hydrogens (tertiary/aromatic N) is 2. The fraction of sp³-hybridized carbons (Fsp3) is 0.333. The first-order chi connectivity index (χ1) is 8.86. The Bertz CT molecular complexity index is 604.